The smallest absolute Gasteiger partial charge is 0.120 e. The highest BCUT2D eigenvalue weighted by atomic mass is 16.5. The van der Waals surface area contributed by atoms with Gasteiger partial charge in [-0.2, -0.15) is 0 Å². The molecule has 0 aromatic heterocycles. The van der Waals surface area contributed by atoms with Crippen LogP contribution >= 0.6 is 0 Å². The standard InChI is InChI=1S/C10H15NO3/c1-14-6-7-2-3-10(13)8(4-7)9(11)5-12/h2-4,9,12-13H,5-6,11H2,1H3. The van der Waals surface area contributed by atoms with E-state index in [-0.39, 0.29) is 12.4 Å². The van der Waals surface area contributed by atoms with Crippen molar-refractivity contribution in [3.63, 3.8) is 0 Å². The lowest BCUT2D eigenvalue weighted by molar-refractivity contribution is 0.184. The summed E-state index contributed by atoms with van der Waals surface area (Å²) in [4.78, 5) is 0. The van der Waals surface area contributed by atoms with Crippen molar-refractivity contribution in [3.8, 4) is 5.75 Å². The molecule has 14 heavy (non-hydrogen) atoms. The first-order valence-corrected chi connectivity index (χ1v) is 4.36. The number of aliphatic hydroxyl groups excluding tert-OH is 1. The molecule has 0 radical (unpaired) electrons. The van der Waals surface area contributed by atoms with Crippen LogP contribution < -0.4 is 5.73 Å². The Balaban J connectivity index is 2.95. The fourth-order valence-electron chi connectivity index (χ4n) is 1.26. The number of methoxy groups -OCH3 is 1. The molecule has 4 nitrogen and oxygen atoms in total. The maximum absolute atomic E-state index is 9.47. The van der Waals surface area contributed by atoms with Crippen LogP contribution in [0, 0.1) is 0 Å². The van der Waals surface area contributed by atoms with Crippen molar-refractivity contribution in [2.45, 2.75) is 12.6 Å². The van der Waals surface area contributed by atoms with E-state index in [1.54, 1.807) is 25.3 Å². The van der Waals surface area contributed by atoms with Crippen LogP contribution in [0.3, 0.4) is 0 Å². The van der Waals surface area contributed by atoms with E-state index in [0.29, 0.717) is 12.2 Å². The second-order valence-corrected chi connectivity index (χ2v) is 3.12. The quantitative estimate of drug-likeness (QED) is 0.658. The van der Waals surface area contributed by atoms with E-state index in [4.69, 9.17) is 15.6 Å². The number of ether oxygens (including phenoxy) is 1. The van der Waals surface area contributed by atoms with Gasteiger partial charge in [0, 0.05) is 12.7 Å². The number of aromatic hydroxyl groups is 1. The van der Waals surface area contributed by atoms with Gasteiger partial charge in [-0.15, -0.1) is 0 Å². The van der Waals surface area contributed by atoms with Gasteiger partial charge in [-0.05, 0) is 17.7 Å². The molecule has 0 heterocycles. The number of nitrogens with two attached hydrogens (primary N) is 1. The first-order valence-electron chi connectivity index (χ1n) is 4.36. The summed E-state index contributed by atoms with van der Waals surface area (Å²) in [6.45, 7) is 0.273. The van der Waals surface area contributed by atoms with Crippen molar-refractivity contribution in [1.29, 1.82) is 0 Å². The van der Waals surface area contributed by atoms with Gasteiger partial charge in [0.15, 0.2) is 0 Å². The van der Waals surface area contributed by atoms with E-state index in [1.165, 1.54) is 0 Å². The zero-order chi connectivity index (χ0) is 10.6. The highest BCUT2D eigenvalue weighted by Gasteiger charge is 2.10. The molecule has 0 fully saturated rings. The van der Waals surface area contributed by atoms with Crippen LogP contribution in [0.5, 0.6) is 5.75 Å². The van der Waals surface area contributed by atoms with E-state index in [1.807, 2.05) is 0 Å². The van der Waals surface area contributed by atoms with Crippen LogP contribution in [0.25, 0.3) is 0 Å². The molecule has 0 aliphatic carbocycles. The normalized spacial score (nSPS) is 12.8. The Hall–Kier alpha value is -1.10. The molecule has 1 atom stereocenters. The summed E-state index contributed by atoms with van der Waals surface area (Å²) in [6, 6.07) is 4.50. The molecule has 0 bridgehead atoms. The third-order valence-electron chi connectivity index (χ3n) is 2.00. The molecule has 1 unspecified atom stereocenters. The number of aliphatic hydroxyl groups is 1. The highest BCUT2D eigenvalue weighted by Crippen LogP contribution is 2.23. The van der Waals surface area contributed by atoms with Gasteiger partial charge in [0.2, 0.25) is 0 Å². The summed E-state index contributed by atoms with van der Waals surface area (Å²) >= 11 is 0. The minimum atomic E-state index is -0.549. The summed E-state index contributed by atoms with van der Waals surface area (Å²) in [5.41, 5.74) is 7.07. The molecule has 0 aliphatic heterocycles. The zero-order valence-corrected chi connectivity index (χ0v) is 8.10. The van der Waals surface area contributed by atoms with Crippen molar-refractivity contribution in [1.82, 2.24) is 0 Å². The summed E-state index contributed by atoms with van der Waals surface area (Å²) in [5.74, 6) is 0.103. The number of rotatable bonds is 4. The van der Waals surface area contributed by atoms with Crippen molar-refractivity contribution >= 4 is 0 Å². The number of phenolic OH excluding ortho intramolecular Hbond substituents is 1. The molecular formula is C10H15NO3. The molecule has 1 rings (SSSR count). The van der Waals surface area contributed by atoms with E-state index in [9.17, 15) is 5.11 Å². The van der Waals surface area contributed by atoms with Gasteiger partial charge in [0.1, 0.15) is 5.75 Å². The van der Waals surface area contributed by atoms with Crippen molar-refractivity contribution in [3.05, 3.63) is 29.3 Å². The lowest BCUT2D eigenvalue weighted by Gasteiger charge is -2.12. The van der Waals surface area contributed by atoms with E-state index in [0.717, 1.165) is 5.56 Å². The molecule has 0 spiro atoms. The van der Waals surface area contributed by atoms with Gasteiger partial charge >= 0.3 is 0 Å². The highest BCUT2D eigenvalue weighted by molar-refractivity contribution is 5.38. The van der Waals surface area contributed by atoms with E-state index in [2.05, 4.69) is 0 Å². The maximum atomic E-state index is 9.47. The lowest BCUT2D eigenvalue weighted by atomic mass is 10.0. The van der Waals surface area contributed by atoms with E-state index < -0.39 is 6.04 Å². The second kappa shape index (κ2) is 4.95. The van der Waals surface area contributed by atoms with Crippen LogP contribution in [0.2, 0.25) is 0 Å². The minimum Gasteiger partial charge on any atom is -0.508 e. The summed E-state index contributed by atoms with van der Waals surface area (Å²) in [6.07, 6.45) is 0. The monoisotopic (exact) mass is 197 g/mol. The Bertz CT molecular complexity index is 301. The summed E-state index contributed by atoms with van der Waals surface area (Å²) < 4.78 is 4.95. The number of hydrogen-bond acceptors (Lipinski definition) is 4. The topological polar surface area (TPSA) is 75.7 Å². The molecule has 0 aliphatic rings. The van der Waals surface area contributed by atoms with Crippen LogP contribution in [0.15, 0.2) is 18.2 Å². The van der Waals surface area contributed by atoms with Crippen LogP contribution in [0.1, 0.15) is 17.2 Å². The molecule has 4 heteroatoms. The van der Waals surface area contributed by atoms with Gasteiger partial charge in [0.05, 0.1) is 19.3 Å². The van der Waals surface area contributed by atoms with Gasteiger partial charge in [-0.25, -0.2) is 0 Å². The number of benzene rings is 1. The predicted octanol–water partition coefficient (Wildman–Crippen LogP) is 0.531. The molecule has 78 valence electrons. The number of phenols is 1. The van der Waals surface area contributed by atoms with Gasteiger partial charge < -0.3 is 20.7 Å². The third kappa shape index (κ3) is 2.45. The van der Waals surface area contributed by atoms with E-state index >= 15 is 0 Å². The van der Waals surface area contributed by atoms with Gasteiger partial charge in [-0.1, -0.05) is 6.07 Å². The van der Waals surface area contributed by atoms with Crippen LogP contribution in [-0.4, -0.2) is 23.9 Å². The molecule has 1 aromatic carbocycles. The fourth-order valence-corrected chi connectivity index (χ4v) is 1.26. The molecular weight excluding hydrogens is 182 g/mol. The third-order valence-corrected chi connectivity index (χ3v) is 2.00. The molecule has 1 aromatic rings. The predicted molar refractivity (Wildman–Crippen MR) is 52.8 cm³/mol. The van der Waals surface area contributed by atoms with Crippen LogP contribution in [-0.2, 0) is 11.3 Å². The van der Waals surface area contributed by atoms with Crippen LogP contribution in [0.4, 0.5) is 0 Å². The largest absolute Gasteiger partial charge is 0.508 e. The first-order chi connectivity index (χ1) is 6.69. The first kappa shape index (κ1) is 11.0. The Labute approximate surface area is 82.9 Å². The SMILES string of the molecule is COCc1ccc(O)c(C(N)CO)c1. The summed E-state index contributed by atoms with van der Waals surface area (Å²) in [5, 5.41) is 18.3. The van der Waals surface area contributed by atoms with Gasteiger partial charge in [-0.3, -0.25) is 0 Å². The molecule has 0 saturated carbocycles. The Morgan fingerprint density at radius 1 is 1.50 bits per heavy atom. The zero-order valence-electron chi connectivity index (χ0n) is 8.10. The minimum absolute atomic E-state index is 0.103. The Kier molecular flexibility index (Phi) is 3.88. The lowest BCUT2D eigenvalue weighted by Crippen LogP contribution is -2.14. The average Bonchev–Trinajstić information content (AvgIpc) is 2.20. The van der Waals surface area contributed by atoms with Crippen molar-refractivity contribution in [2.75, 3.05) is 13.7 Å². The molecule has 0 saturated heterocycles. The van der Waals surface area contributed by atoms with Crippen molar-refractivity contribution < 1.29 is 14.9 Å². The average molecular weight is 197 g/mol. The maximum Gasteiger partial charge on any atom is 0.120 e. The van der Waals surface area contributed by atoms with Crippen molar-refractivity contribution in [2.24, 2.45) is 5.73 Å². The molecule has 0 amide bonds. The number of hydrogen-bond donors (Lipinski definition) is 3. The Morgan fingerprint density at radius 3 is 2.79 bits per heavy atom. The Morgan fingerprint density at radius 2 is 2.21 bits per heavy atom. The molecule has 4 N–H and O–H groups in total. The second-order valence-electron chi connectivity index (χ2n) is 3.12. The van der Waals surface area contributed by atoms with Gasteiger partial charge in [0.25, 0.3) is 0 Å². The fraction of sp³-hybridized carbons (Fsp3) is 0.400. The summed E-state index contributed by atoms with van der Waals surface area (Å²) in [7, 11) is 1.60.